The molecule has 7 nitrogen and oxygen atoms in total. The highest BCUT2D eigenvalue weighted by Gasteiger charge is 2.35. The smallest absolute Gasteiger partial charge is 0.357 e. The van der Waals surface area contributed by atoms with Gasteiger partial charge in [0.05, 0.1) is 16.1 Å². The number of sulfonamides is 1. The molecule has 1 N–H and O–H groups in total. The van der Waals surface area contributed by atoms with Gasteiger partial charge in [0.2, 0.25) is 11.8 Å². The van der Waals surface area contributed by atoms with Crippen molar-refractivity contribution < 1.29 is 31.2 Å². The normalized spacial score (nSPS) is 12.5. The number of aryl methyl sites for hydroxylation is 2. The van der Waals surface area contributed by atoms with Crippen molar-refractivity contribution in [2.45, 2.75) is 50.9 Å². The number of anilines is 1. The Balaban J connectivity index is 2.12. The molecule has 0 fully saturated rings. The van der Waals surface area contributed by atoms with E-state index in [2.05, 4.69) is 5.32 Å². The predicted octanol–water partition coefficient (Wildman–Crippen LogP) is 5.07. The quantitative estimate of drug-likeness (QED) is 0.366. The van der Waals surface area contributed by atoms with Gasteiger partial charge in [0.1, 0.15) is 12.6 Å². The Morgan fingerprint density at radius 3 is 2.15 bits per heavy atom. The molecule has 11 heteroatoms. The van der Waals surface area contributed by atoms with Crippen LogP contribution < -0.4 is 9.62 Å². The summed E-state index contributed by atoms with van der Waals surface area (Å²) in [6.45, 7) is 4.51. The van der Waals surface area contributed by atoms with Gasteiger partial charge >= 0.3 is 6.18 Å². The topological polar surface area (TPSA) is 86.8 Å². The maximum atomic E-state index is 13.9. The Labute approximate surface area is 232 Å². The average Bonchev–Trinajstić information content (AvgIpc) is 2.91. The highest BCUT2D eigenvalue weighted by Crippen LogP contribution is 2.33. The summed E-state index contributed by atoms with van der Waals surface area (Å²) in [5.74, 6) is -1.19. The molecular weight excluding hydrogens is 543 g/mol. The Morgan fingerprint density at radius 2 is 1.57 bits per heavy atom. The van der Waals surface area contributed by atoms with Crippen LogP contribution in [0.1, 0.15) is 35.6 Å². The van der Waals surface area contributed by atoms with Crippen LogP contribution in [0.2, 0.25) is 0 Å². The van der Waals surface area contributed by atoms with Gasteiger partial charge in [-0.25, -0.2) is 8.42 Å². The molecule has 0 spiro atoms. The van der Waals surface area contributed by atoms with Gasteiger partial charge in [0.15, 0.2) is 0 Å². The summed E-state index contributed by atoms with van der Waals surface area (Å²) in [4.78, 5) is 27.7. The molecule has 0 aromatic heterocycles. The van der Waals surface area contributed by atoms with Crippen molar-refractivity contribution >= 4 is 27.5 Å². The Kier molecular flexibility index (Phi) is 9.62. The summed E-state index contributed by atoms with van der Waals surface area (Å²) in [6.07, 6.45) is -4.51. The van der Waals surface area contributed by atoms with Crippen LogP contribution in [0.15, 0.2) is 77.7 Å². The van der Waals surface area contributed by atoms with Gasteiger partial charge < -0.3 is 10.2 Å². The first kappa shape index (κ1) is 30.7. The van der Waals surface area contributed by atoms with Crippen molar-refractivity contribution in [3.05, 3.63) is 95.1 Å². The maximum Gasteiger partial charge on any atom is 0.416 e. The van der Waals surface area contributed by atoms with E-state index in [0.29, 0.717) is 15.9 Å². The molecule has 0 aliphatic carbocycles. The minimum absolute atomic E-state index is 0.00650. The van der Waals surface area contributed by atoms with Crippen LogP contribution in [-0.2, 0) is 32.3 Å². The minimum Gasteiger partial charge on any atom is -0.357 e. The average molecular weight is 576 g/mol. The van der Waals surface area contributed by atoms with E-state index < -0.39 is 46.2 Å². The van der Waals surface area contributed by atoms with Crippen LogP contribution in [-0.4, -0.2) is 44.8 Å². The van der Waals surface area contributed by atoms with Crippen molar-refractivity contribution in [2.75, 3.05) is 17.9 Å². The molecule has 0 saturated heterocycles. The SMILES string of the molecule is CC[C@H](C(=O)NC)N(Cc1cccc(C)c1)C(=O)CN(c1cccc(C(F)(F)F)c1)S(=O)(=O)c1ccc(C)cc1. The number of amides is 2. The van der Waals surface area contributed by atoms with Crippen molar-refractivity contribution in [1.29, 1.82) is 0 Å². The van der Waals surface area contributed by atoms with E-state index in [1.165, 1.54) is 30.1 Å². The summed E-state index contributed by atoms with van der Waals surface area (Å²) in [6, 6.07) is 15.9. The van der Waals surface area contributed by atoms with Gasteiger partial charge in [-0.15, -0.1) is 0 Å². The second-order valence-electron chi connectivity index (χ2n) is 9.42. The lowest BCUT2D eigenvalue weighted by atomic mass is 10.1. The zero-order valence-electron chi connectivity index (χ0n) is 22.7. The minimum atomic E-state index is -4.73. The van der Waals surface area contributed by atoms with E-state index in [4.69, 9.17) is 0 Å². The van der Waals surface area contributed by atoms with E-state index in [0.717, 1.165) is 23.3 Å². The lowest BCUT2D eigenvalue weighted by Crippen LogP contribution is -2.51. The van der Waals surface area contributed by atoms with Crippen LogP contribution in [0.4, 0.5) is 18.9 Å². The Bertz CT molecular complexity index is 1460. The molecule has 0 aliphatic heterocycles. The molecule has 214 valence electrons. The molecule has 40 heavy (non-hydrogen) atoms. The number of carbonyl (C=O) groups is 2. The van der Waals surface area contributed by atoms with Crippen molar-refractivity contribution in [1.82, 2.24) is 10.2 Å². The number of nitrogens with zero attached hydrogens (tertiary/aromatic N) is 2. The molecular formula is C29H32F3N3O4S. The number of alkyl halides is 3. The summed E-state index contributed by atoms with van der Waals surface area (Å²) in [5.41, 5.74) is 1.02. The van der Waals surface area contributed by atoms with Gasteiger partial charge in [-0.05, 0) is 56.2 Å². The number of hydrogen-bond acceptors (Lipinski definition) is 4. The predicted molar refractivity (Wildman–Crippen MR) is 147 cm³/mol. The second kappa shape index (κ2) is 12.5. The molecule has 0 unspecified atom stereocenters. The Hall–Kier alpha value is -3.86. The summed E-state index contributed by atoms with van der Waals surface area (Å²) in [5, 5.41) is 2.53. The van der Waals surface area contributed by atoms with E-state index in [-0.39, 0.29) is 23.5 Å². The zero-order valence-corrected chi connectivity index (χ0v) is 23.5. The van der Waals surface area contributed by atoms with E-state index in [1.54, 1.807) is 38.1 Å². The van der Waals surface area contributed by atoms with Crippen molar-refractivity contribution in [3.8, 4) is 0 Å². The fraction of sp³-hybridized carbons (Fsp3) is 0.310. The first-order valence-electron chi connectivity index (χ1n) is 12.6. The van der Waals surface area contributed by atoms with Crippen LogP contribution in [0, 0.1) is 13.8 Å². The maximum absolute atomic E-state index is 13.9. The fourth-order valence-electron chi connectivity index (χ4n) is 4.30. The van der Waals surface area contributed by atoms with Gasteiger partial charge in [0, 0.05) is 13.6 Å². The number of likely N-dealkylation sites (N-methyl/N-ethyl adjacent to an activating group) is 1. The molecule has 3 aromatic rings. The number of halogens is 3. The molecule has 3 aromatic carbocycles. The number of hydrogen-bond donors (Lipinski definition) is 1. The van der Waals surface area contributed by atoms with E-state index >= 15 is 0 Å². The summed E-state index contributed by atoms with van der Waals surface area (Å²) < 4.78 is 68.9. The lowest BCUT2D eigenvalue weighted by molar-refractivity contribution is -0.140. The molecule has 0 bridgehead atoms. The van der Waals surface area contributed by atoms with Crippen LogP contribution in [0.25, 0.3) is 0 Å². The van der Waals surface area contributed by atoms with Gasteiger partial charge in [-0.3, -0.25) is 13.9 Å². The van der Waals surface area contributed by atoms with Crippen molar-refractivity contribution in [3.63, 3.8) is 0 Å². The number of rotatable bonds is 10. The number of benzene rings is 3. The first-order chi connectivity index (χ1) is 18.8. The molecule has 0 heterocycles. The third-order valence-corrected chi connectivity index (χ3v) is 8.21. The van der Waals surface area contributed by atoms with E-state index in [9.17, 15) is 31.2 Å². The summed E-state index contributed by atoms with van der Waals surface area (Å²) in [7, 11) is -3.05. The second-order valence-corrected chi connectivity index (χ2v) is 11.3. The number of nitrogens with one attached hydrogen (secondary N) is 1. The van der Waals surface area contributed by atoms with E-state index in [1.807, 2.05) is 19.1 Å². The molecule has 0 aliphatic rings. The lowest BCUT2D eigenvalue weighted by Gasteiger charge is -2.33. The number of carbonyl (C=O) groups excluding carboxylic acids is 2. The van der Waals surface area contributed by atoms with Crippen molar-refractivity contribution in [2.24, 2.45) is 0 Å². The van der Waals surface area contributed by atoms with Gasteiger partial charge in [0.25, 0.3) is 10.0 Å². The van der Waals surface area contributed by atoms with Crippen LogP contribution in [0.5, 0.6) is 0 Å². The van der Waals surface area contributed by atoms with Gasteiger partial charge in [-0.1, -0.05) is 60.5 Å². The standard InChI is InChI=1S/C29H32F3N3O4S/c1-5-26(28(37)33-4)34(18-22-9-6-8-21(3)16-22)27(36)19-35(24-11-7-10-23(17-24)29(30,31)32)40(38,39)25-14-12-20(2)13-15-25/h6-17,26H,5,18-19H2,1-4H3,(H,33,37)/t26-/m1/s1. The zero-order chi connectivity index (χ0) is 29.7. The van der Waals surface area contributed by atoms with Crippen LogP contribution >= 0.6 is 0 Å². The molecule has 0 radical (unpaired) electrons. The summed E-state index contributed by atoms with van der Waals surface area (Å²) >= 11 is 0. The third kappa shape index (κ3) is 7.20. The first-order valence-corrected chi connectivity index (χ1v) is 14.0. The fourth-order valence-corrected chi connectivity index (χ4v) is 5.70. The monoisotopic (exact) mass is 575 g/mol. The highest BCUT2D eigenvalue weighted by atomic mass is 32.2. The largest absolute Gasteiger partial charge is 0.416 e. The van der Waals surface area contributed by atoms with Gasteiger partial charge in [-0.2, -0.15) is 13.2 Å². The molecule has 0 saturated carbocycles. The molecule has 1 atom stereocenters. The van der Waals surface area contributed by atoms with Crippen LogP contribution in [0.3, 0.4) is 0 Å². The highest BCUT2D eigenvalue weighted by molar-refractivity contribution is 7.92. The molecule has 2 amide bonds. The third-order valence-electron chi connectivity index (χ3n) is 6.42. The Morgan fingerprint density at radius 1 is 0.925 bits per heavy atom. The molecule has 3 rings (SSSR count).